The number of hydrogen-bond acceptors (Lipinski definition) is 8. The Hall–Kier alpha value is -3.30. The Labute approximate surface area is 167 Å². The van der Waals surface area contributed by atoms with Gasteiger partial charge in [0.25, 0.3) is 0 Å². The number of aromatic nitrogens is 6. The summed E-state index contributed by atoms with van der Waals surface area (Å²) in [6.07, 6.45) is 10.4. The van der Waals surface area contributed by atoms with Crippen molar-refractivity contribution in [2.75, 3.05) is 23.3 Å². The van der Waals surface area contributed by atoms with Gasteiger partial charge in [-0.1, -0.05) is 5.16 Å². The van der Waals surface area contributed by atoms with Gasteiger partial charge in [0.05, 0.1) is 11.6 Å². The average Bonchev–Trinajstić information content (AvgIpc) is 3.45. The van der Waals surface area contributed by atoms with Crippen molar-refractivity contribution in [3.8, 4) is 5.82 Å². The molecule has 3 aromatic rings. The van der Waals surface area contributed by atoms with Gasteiger partial charge in [-0.15, -0.1) is 0 Å². The Bertz CT molecular complexity index is 1000. The first-order chi connectivity index (χ1) is 14.3. The smallest absolute Gasteiger partial charge is 0.234 e. The van der Waals surface area contributed by atoms with Crippen LogP contribution in [0, 0.1) is 5.92 Å². The summed E-state index contributed by atoms with van der Waals surface area (Å²) < 4.78 is 7.01. The van der Waals surface area contributed by atoms with E-state index < -0.39 is 0 Å². The van der Waals surface area contributed by atoms with Crippen molar-refractivity contribution in [3.05, 3.63) is 36.3 Å². The van der Waals surface area contributed by atoms with Gasteiger partial charge < -0.3 is 9.42 Å². The predicted octanol–water partition coefficient (Wildman–Crippen LogP) is 1.78. The Balaban J connectivity index is 1.29. The summed E-state index contributed by atoms with van der Waals surface area (Å²) >= 11 is 0. The van der Waals surface area contributed by atoms with Crippen LogP contribution >= 0.6 is 0 Å². The third-order valence-corrected chi connectivity index (χ3v) is 5.60. The minimum absolute atomic E-state index is 0.0234. The second-order valence-corrected chi connectivity index (χ2v) is 7.49. The lowest BCUT2D eigenvalue weighted by atomic mass is 9.96. The molecule has 1 N–H and O–H groups in total. The maximum absolute atomic E-state index is 12.9. The number of fused-ring (bicyclic) bond motifs is 1. The number of nitrogens with zero attached hydrogens (tertiary/aromatic N) is 7. The van der Waals surface area contributed by atoms with Gasteiger partial charge in [-0.05, 0) is 38.5 Å². The van der Waals surface area contributed by atoms with Gasteiger partial charge in [0.1, 0.15) is 24.8 Å². The van der Waals surface area contributed by atoms with E-state index in [0.29, 0.717) is 18.2 Å². The van der Waals surface area contributed by atoms with E-state index in [-0.39, 0.29) is 11.8 Å². The van der Waals surface area contributed by atoms with E-state index in [1.54, 1.807) is 11.0 Å². The summed E-state index contributed by atoms with van der Waals surface area (Å²) in [6.45, 7) is 1.44. The van der Waals surface area contributed by atoms with Crippen LogP contribution in [0.25, 0.3) is 5.82 Å². The molecule has 0 aromatic carbocycles. The molecule has 1 aliphatic heterocycles. The number of anilines is 2. The SMILES string of the molecule is O=C(Nc1onc2c1CCCC2)C1CCCN(c2cc(-n3cncn3)ncn2)C1. The first kappa shape index (κ1) is 17.8. The van der Waals surface area contributed by atoms with Crippen LogP contribution in [-0.4, -0.2) is 48.9 Å². The van der Waals surface area contributed by atoms with Crippen LogP contribution in [0.4, 0.5) is 11.7 Å². The molecular formula is C19H22N8O2. The molecule has 0 bridgehead atoms. The van der Waals surface area contributed by atoms with E-state index in [2.05, 4.69) is 35.4 Å². The third kappa shape index (κ3) is 3.57. The number of amides is 1. The molecule has 3 aromatic heterocycles. The number of hydrogen-bond donors (Lipinski definition) is 1. The van der Waals surface area contributed by atoms with Crippen molar-refractivity contribution in [3.63, 3.8) is 0 Å². The highest BCUT2D eigenvalue weighted by Crippen LogP contribution is 2.29. The summed E-state index contributed by atoms with van der Waals surface area (Å²) in [5.41, 5.74) is 2.05. The second kappa shape index (κ2) is 7.61. The molecule has 1 atom stereocenters. The number of piperidine rings is 1. The normalized spacial score (nSPS) is 19.0. The fourth-order valence-electron chi connectivity index (χ4n) is 4.06. The van der Waals surface area contributed by atoms with Gasteiger partial charge in [0.2, 0.25) is 11.8 Å². The van der Waals surface area contributed by atoms with Gasteiger partial charge >= 0.3 is 0 Å². The van der Waals surface area contributed by atoms with E-state index in [4.69, 9.17) is 4.52 Å². The van der Waals surface area contributed by atoms with Gasteiger partial charge in [-0.2, -0.15) is 5.10 Å². The van der Waals surface area contributed by atoms with E-state index in [0.717, 1.165) is 62.1 Å². The lowest BCUT2D eigenvalue weighted by Crippen LogP contribution is -2.41. The molecule has 1 saturated heterocycles. The van der Waals surface area contributed by atoms with E-state index in [9.17, 15) is 4.79 Å². The highest BCUT2D eigenvalue weighted by molar-refractivity contribution is 5.92. The van der Waals surface area contributed by atoms with E-state index in [1.807, 2.05) is 6.07 Å². The maximum Gasteiger partial charge on any atom is 0.234 e. The molecule has 2 aliphatic rings. The van der Waals surface area contributed by atoms with Crippen LogP contribution in [0.15, 0.2) is 29.6 Å². The lowest BCUT2D eigenvalue weighted by molar-refractivity contribution is -0.120. The summed E-state index contributed by atoms with van der Waals surface area (Å²) in [7, 11) is 0. The molecule has 0 radical (unpaired) electrons. The molecule has 10 nitrogen and oxygen atoms in total. The maximum atomic E-state index is 12.9. The molecule has 1 fully saturated rings. The van der Waals surface area contributed by atoms with Crippen molar-refractivity contribution < 1.29 is 9.32 Å². The highest BCUT2D eigenvalue weighted by atomic mass is 16.5. The first-order valence-electron chi connectivity index (χ1n) is 9.98. The number of rotatable bonds is 4. The average molecular weight is 394 g/mol. The molecule has 1 amide bonds. The Kier molecular flexibility index (Phi) is 4.66. The molecular weight excluding hydrogens is 372 g/mol. The van der Waals surface area contributed by atoms with Crippen molar-refractivity contribution in [2.45, 2.75) is 38.5 Å². The van der Waals surface area contributed by atoms with Gasteiger partial charge in [-0.3, -0.25) is 10.1 Å². The fourth-order valence-corrected chi connectivity index (χ4v) is 4.06. The topological polar surface area (TPSA) is 115 Å². The zero-order valence-electron chi connectivity index (χ0n) is 16.0. The quantitative estimate of drug-likeness (QED) is 0.712. The largest absolute Gasteiger partial charge is 0.356 e. The summed E-state index contributed by atoms with van der Waals surface area (Å²) in [4.78, 5) is 27.6. The van der Waals surface area contributed by atoms with Gasteiger partial charge in [-0.25, -0.2) is 19.6 Å². The van der Waals surface area contributed by atoms with Crippen LogP contribution in [0.3, 0.4) is 0 Å². The molecule has 10 heteroatoms. The predicted molar refractivity (Wildman–Crippen MR) is 104 cm³/mol. The standard InChI is InChI=1S/C19H22N8O2/c28-18(24-19-14-5-1-2-6-15(14)25-29-19)13-4-3-7-26(9-13)16-8-17(22-11-21-16)27-12-20-10-23-27/h8,10-13H,1-7,9H2,(H,24,28). The molecule has 150 valence electrons. The van der Waals surface area contributed by atoms with Crippen LogP contribution in [-0.2, 0) is 17.6 Å². The fraction of sp³-hybridized carbons (Fsp3) is 0.474. The van der Waals surface area contributed by atoms with E-state index >= 15 is 0 Å². The monoisotopic (exact) mass is 394 g/mol. The number of carbonyl (C=O) groups excluding carboxylic acids is 1. The van der Waals surface area contributed by atoms with Crippen LogP contribution in [0.5, 0.6) is 0 Å². The van der Waals surface area contributed by atoms with Crippen LogP contribution < -0.4 is 10.2 Å². The van der Waals surface area contributed by atoms with Crippen molar-refractivity contribution in [1.82, 2.24) is 29.9 Å². The highest BCUT2D eigenvalue weighted by Gasteiger charge is 2.29. The Morgan fingerprint density at radius 2 is 2.03 bits per heavy atom. The molecule has 5 rings (SSSR count). The summed E-state index contributed by atoms with van der Waals surface area (Å²) in [5.74, 6) is 1.78. The molecule has 1 aliphatic carbocycles. The van der Waals surface area contributed by atoms with Gasteiger partial charge in [0, 0.05) is 24.7 Å². The number of carbonyl (C=O) groups is 1. The molecule has 1 unspecified atom stereocenters. The van der Waals surface area contributed by atoms with Crippen LogP contribution in [0.1, 0.15) is 36.9 Å². The second-order valence-electron chi connectivity index (χ2n) is 7.49. The Morgan fingerprint density at radius 3 is 2.93 bits per heavy atom. The van der Waals surface area contributed by atoms with Crippen molar-refractivity contribution in [2.24, 2.45) is 5.92 Å². The number of aryl methyl sites for hydroxylation is 1. The van der Waals surface area contributed by atoms with Crippen molar-refractivity contribution >= 4 is 17.6 Å². The minimum Gasteiger partial charge on any atom is -0.356 e. The molecule has 0 spiro atoms. The lowest BCUT2D eigenvalue weighted by Gasteiger charge is -2.32. The summed E-state index contributed by atoms with van der Waals surface area (Å²) in [5, 5.41) is 11.2. The zero-order chi connectivity index (χ0) is 19.6. The first-order valence-corrected chi connectivity index (χ1v) is 9.98. The van der Waals surface area contributed by atoms with Crippen molar-refractivity contribution in [1.29, 1.82) is 0 Å². The number of nitrogens with one attached hydrogen (secondary N) is 1. The van der Waals surface area contributed by atoms with Crippen LogP contribution in [0.2, 0.25) is 0 Å². The minimum atomic E-state index is -0.141. The van der Waals surface area contributed by atoms with E-state index in [1.165, 1.54) is 12.7 Å². The molecule has 0 saturated carbocycles. The Morgan fingerprint density at radius 1 is 1.14 bits per heavy atom. The summed E-state index contributed by atoms with van der Waals surface area (Å²) in [6, 6.07) is 1.86. The molecule has 29 heavy (non-hydrogen) atoms. The zero-order valence-corrected chi connectivity index (χ0v) is 16.0. The van der Waals surface area contributed by atoms with Gasteiger partial charge in [0.15, 0.2) is 5.82 Å². The molecule has 4 heterocycles. The third-order valence-electron chi connectivity index (χ3n) is 5.60.